The molecule has 2 amide bonds. The molecule has 1 fully saturated rings. The number of amides is 2. The van der Waals surface area contributed by atoms with Crippen LogP contribution in [0, 0.1) is 5.82 Å². The Hall–Kier alpha value is -5.21. The van der Waals surface area contributed by atoms with Gasteiger partial charge in [-0.05, 0) is 86.7 Å². The first-order valence-electron chi connectivity index (χ1n) is 17.1. The number of anilines is 1. The van der Waals surface area contributed by atoms with Gasteiger partial charge in [-0.3, -0.25) is 4.79 Å². The molecule has 4 aromatic rings. The van der Waals surface area contributed by atoms with E-state index in [2.05, 4.69) is 20.3 Å². The number of rotatable bonds is 12. The highest BCUT2D eigenvalue weighted by Gasteiger charge is 2.39. The first-order valence-corrected chi connectivity index (χ1v) is 19.0. The Balaban J connectivity index is 1.45. The third-order valence-electron chi connectivity index (χ3n) is 8.85. The van der Waals surface area contributed by atoms with E-state index in [1.54, 1.807) is 75.4 Å². The highest BCUT2D eigenvalue weighted by molar-refractivity contribution is 7.89. The number of halogens is 2. The fourth-order valence-electron chi connectivity index (χ4n) is 6.31. The molecule has 3 aromatic carbocycles. The van der Waals surface area contributed by atoms with Crippen LogP contribution in [0.5, 0.6) is 5.88 Å². The molecule has 1 saturated heterocycles. The third-order valence-corrected chi connectivity index (χ3v) is 11.1. The standard InChI is InChI=1S/C38H41ClFN7O6S/c1-38(2,3)53-37(49)46-21-22-47(54(50,51)29-9-6-5-7-10-29)28(24-46)18-19-30-31(40)11-8-12-32(30)43-36(48)35(44-45-41)34(25-13-16-27(39)17-14-25)26-15-20-33(52-4)42-23-26/h5-17,20,23,28,34-35H,18-19,21-22,24H2,1-4H3,(H,43,48)/t28-,34-,35-/m0/s1. The van der Waals surface area contributed by atoms with Crippen molar-refractivity contribution in [1.29, 1.82) is 0 Å². The lowest BCUT2D eigenvalue weighted by molar-refractivity contribution is -0.117. The molecule has 0 radical (unpaired) electrons. The van der Waals surface area contributed by atoms with Crippen LogP contribution >= 0.6 is 11.6 Å². The van der Waals surface area contributed by atoms with Gasteiger partial charge in [0.25, 0.3) is 0 Å². The summed E-state index contributed by atoms with van der Waals surface area (Å²) in [7, 11) is -2.53. The fraction of sp³-hybridized carbons (Fsp3) is 0.342. The zero-order valence-corrected chi connectivity index (χ0v) is 31.8. The molecule has 0 aliphatic carbocycles. The number of azide groups is 1. The zero-order chi connectivity index (χ0) is 39.0. The molecule has 0 saturated carbocycles. The minimum Gasteiger partial charge on any atom is -0.481 e. The number of piperazine rings is 1. The summed E-state index contributed by atoms with van der Waals surface area (Å²) in [5, 5.41) is 7.11. The maximum absolute atomic E-state index is 15.7. The Morgan fingerprint density at radius 1 is 1.04 bits per heavy atom. The number of nitrogens with zero attached hydrogens (tertiary/aromatic N) is 6. The fourth-order valence-corrected chi connectivity index (χ4v) is 8.09. The van der Waals surface area contributed by atoms with Crippen LogP contribution < -0.4 is 10.1 Å². The van der Waals surface area contributed by atoms with E-state index in [1.165, 1.54) is 52.8 Å². The zero-order valence-electron chi connectivity index (χ0n) is 30.2. The second-order valence-electron chi connectivity index (χ2n) is 13.6. The van der Waals surface area contributed by atoms with Crippen LogP contribution in [0.2, 0.25) is 5.02 Å². The van der Waals surface area contributed by atoms with Crippen molar-refractivity contribution in [1.82, 2.24) is 14.2 Å². The van der Waals surface area contributed by atoms with Crippen molar-refractivity contribution in [2.45, 2.75) is 62.1 Å². The number of pyridine rings is 1. The Morgan fingerprint density at radius 3 is 2.37 bits per heavy atom. The molecule has 0 bridgehead atoms. The van der Waals surface area contributed by atoms with Gasteiger partial charge in [-0.25, -0.2) is 22.6 Å². The van der Waals surface area contributed by atoms with Gasteiger partial charge in [0.2, 0.25) is 21.8 Å². The van der Waals surface area contributed by atoms with E-state index in [9.17, 15) is 23.5 Å². The summed E-state index contributed by atoms with van der Waals surface area (Å²) in [4.78, 5) is 36.0. The molecule has 5 rings (SSSR count). The molecule has 1 aliphatic heterocycles. The number of ether oxygens (including phenoxy) is 2. The van der Waals surface area contributed by atoms with Crippen LogP contribution in [0.25, 0.3) is 10.4 Å². The van der Waals surface area contributed by atoms with Gasteiger partial charge in [0.1, 0.15) is 17.5 Å². The van der Waals surface area contributed by atoms with Crippen LogP contribution in [0.3, 0.4) is 0 Å². The normalized spacial score (nSPS) is 16.1. The second kappa shape index (κ2) is 17.3. The van der Waals surface area contributed by atoms with E-state index in [1.807, 2.05) is 0 Å². The molecule has 13 nitrogen and oxygen atoms in total. The SMILES string of the molecule is COc1ccc([C@H](c2ccc(Cl)cc2)[C@H](N=[N+]=[N-])C(=O)Nc2cccc(F)c2CC[C@H]2CN(C(=O)OC(C)(C)C)CCN2S(=O)(=O)c2ccccc2)cn1. The van der Waals surface area contributed by atoms with Crippen molar-refractivity contribution in [3.8, 4) is 5.88 Å². The van der Waals surface area contributed by atoms with Crippen molar-refractivity contribution < 1.29 is 31.9 Å². The Morgan fingerprint density at radius 2 is 1.74 bits per heavy atom. The summed E-state index contributed by atoms with van der Waals surface area (Å²) in [6, 6.07) is 20.0. The van der Waals surface area contributed by atoms with Crippen molar-refractivity contribution in [2.75, 3.05) is 32.1 Å². The highest BCUT2D eigenvalue weighted by Crippen LogP contribution is 2.34. The van der Waals surface area contributed by atoms with Gasteiger partial charge in [0.15, 0.2) is 0 Å². The van der Waals surface area contributed by atoms with Gasteiger partial charge in [0.05, 0.1) is 12.0 Å². The van der Waals surface area contributed by atoms with Gasteiger partial charge in [-0.15, -0.1) is 0 Å². The molecule has 1 N–H and O–H groups in total. The first-order chi connectivity index (χ1) is 25.7. The lowest BCUT2D eigenvalue weighted by atomic mass is 9.85. The average molecular weight is 778 g/mol. The average Bonchev–Trinajstić information content (AvgIpc) is 3.15. The number of aromatic nitrogens is 1. The van der Waals surface area contributed by atoms with E-state index in [0.717, 1.165) is 0 Å². The number of carbonyl (C=O) groups is 2. The number of hydrogen-bond acceptors (Lipinski definition) is 8. The number of methoxy groups -OCH3 is 1. The molecular formula is C38H41ClFN7O6S. The number of hydrogen-bond donors (Lipinski definition) is 1. The smallest absolute Gasteiger partial charge is 0.410 e. The largest absolute Gasteiger partial charge is 0.481 e. The van der Waals surface area contributed by atoms with Crippen LogP contribution in [0.4, 0.5) is 14.9 Å². The Labute approximate surface area is 318 Å². The summed E-state index contributed by atoms with van der Waals surface area (Å²) in [6.45, 7) is 5.30. The molecule has 1 aromatic heterocycles. The Bertz CT molecular complexity index is 2100. The van der Waals surface area contributed by atoms with Crippen LogP contribution in [-0.4, -0.2) is 79.0 Å². The van der Waals surface area contributed by atoms with Gasteiger partial charge in [0, 0.05) is 65.0 Å². The molecule has 1 aliphatic rings. The van der Waals surface area contributed by atoms with E-state index in [0.29, 0.717) is 22.0 Å². The van der Waals surface area contributed by atoms with Crippen molar-refractivity contribution >= 4 is 39.3 Å². The van der Waals surface area contributed by atoms with E-state index in [4.69, 9.17) is 21.1 Å². The van der Waals surface area contributed by atoms with Crippen molar-refractivity contribution in [3.63, 3.8) is 0 Å². The quantitative estimate of drug-likeness (QED) is 0.0879. The minimum atomic E-state index is -4.00. The second-order valence-corrected chi connectivity index (χ2v) is 15.9. The Kier molecular flexibility index (Phi) is 12.8. The number of nitrogens with one attached hydrogen (secondary N) is 1. The van der Waals surface area contributed by atoms with Crippen molar-refractivity contribution in [2.24, 2.45) is 5.11 Å². The summed E-state index contributed by atoms with van der Waals surface area (Å²) in [5.74, 6) is -1.85. The van der Waals surface area contributed by atoms with Gasteiger partial charge >= 0.3 is 6.09 Å². The summed E-state index contributed by atoms with van der Waals surface area (Å²) in [6.07, 6.45) is 0.985. The van der Waals surface area contributed by atoms with Gasteiger partial charge < -0.3 is 19.7 Å². The molecule has 0 unspecified atom stereocenters. The maximum atomic E-state index is 15.7. The van der Waals surface area contributed by atoms with E-state index >= 15 is 4.39 Å². The van der Waals surface area contributed by atoms with E-state index in [-0.39, 0.29) is 48.6 Å². The lowest BCUT2D eigenvalue weighted by Crippen LogP contribution is -2.57. The topological polar surface area (TPSA) is 167 Å². The maximum Gasteiger partial charge on any atom is 0.410 e. The molecule has 0 spiro atoms. The third kappa shape index (κ3) is 9.66. The lowest BCUT2D eigenvalue weighted by Gasteiger charge is -2.41. The van der Waals surface area contributed by atoms with Crippen LogP contribution in [0.1, 0.15) is 49.8 Å². The molecule has 54 heavy (non-hydrogen) atoms. The monoisotopic (exact) mass is 777 g/mol. The summed E-state index contributed by atoms with van der Waals surface area (Å²) >= 11 is 6.16. The number of carbonyl (C=O) groups excluding carboxylic acids is 2. The molecule has 16 heteroatoms. The van der Waals surface area contributed by atoms with Gasteiger partial charge in [-0.2, -0.15) is 4.31 Å². The molecule has 2 heterocycles. The van der Waals surface area contributed by atoms with Crippen LogP contribution in [-0.2, 0) is 26.0 Å². The van der Waals surface area contributed by atoms with Crippen molar-refractivity contribution in [3.05, 3.63) is 129 Å². The predicted octanol–water partition coefficient (Wildman–Crippen LogP) is 7.58. The predicted molar refractivity (Wildman–Crippen MR) is 202 cm³/mol. The molecule has 284 valence electrons. The summed E-state index contributed by atoms with van der Waals surface area (Å²) < 4.78 is 55.6. The van der Waals surface area contributed by atoms with E-state index < -0.39 is 51.4 Å². The van der Waals surface area contributed by atoms with Gasteiger partial charge in [-0.1, -0.05) is 59.2 Å². The summed E-state index contributed by atoms with van der Waals surface area (Å²) in [5.41, 5.74) is 10.2. The number of sulfonamides is 1. The number of benzene rings is 3. The van der Waals surface area contributed by atoms with Crippen LogP contribution in [0.15, 0.2) is 101 Å². The molecular weight excluding hydrogens is 737 g/mol. The highest BCUT2D eigenvalue weighted by atomic mass is 35.5. The minimum absolute atomic E-state index is 0.00521. The first kappa shape index (κ1) is 40.0. The molecule has 3 atom stereocenters.